The number of nitrogens with one attached hydrogen (secondary N) is 1. The highest BCUT2D eigenvalue weighted by molar-refractivity contribution is 7.98. The van der Waals surface area contributed by atoms with Gasteiger partial charge in [-0.15, -0.1) is 0 Å². The van der Waals surface area contributed by atoms with E-state index in [-0.39, 0.29) is 6.10 Å². The third-order valence-electron chi connectivity index (χ3n) is 2.79. The summed E-state index contributed by atoms with van der Waals surface area (Å²) in [6.07, 6.45) is 4.48. The Morgan fingerprint density at radius 1 is 1.40 bits per heavy atom. The van der Waals surface area contributed by atoms with E-state index in [1.807, 2.05) is 11.8 Å². The lowest BCUT2D eigenvalue weighted by Gasteiger charge is -2.21. The minimum absolute atomic E-state index is 0.215. The summed E-state index contributed by atoms with van der Waals surface area (Å²) in [5, 5.41) is 13.2. The average Bonchev–Trinajstić information content (AvgIpc) is 2.68. The molecule has 1 aliphatic heterocycles. The van der Waals surface area contributed by atoms with Gasteiger partial charge in [0.2, 0.25) is 0 Å². The highest BCUT2D eigenvalue weighted by Gasteiger charge is 2.15. The quantitative estimate of drug-likeness (QED) is 0.680. The van der Waals surface area contributed by atoms with E-state index < -0.39 is 0 Å². The van der Waals surface area contributed by atoms with Gasteiger partial charge < -0.3 is 15.3 Å². The number of thioether (sulfide) groups is 1. The van der Waals surface area contributed by atoms with Crippen molar-refractivity contribution < 1.29 is 5.11 Å². The highest BCUT2D eigenvalue weighted by atomic mass is 32.2. The number of hydrogen-bond acceptors (Lipinski definition) is 4. The minimum Gasteiger partial charge on any atom is -0.390 e. The fourth-order valence-corrected chi connectivity index (χ4v) is 2.59. The van der Waals surface area contributed by atoms with Gasteiger partial charge in [-0.3, -0.25) is 0 Å². The van der Waals surface area contributed by atoms with Crippen LogP contribution < -0.4 is 5.32 Å². The average molecular weight is 232 g/mol. The molecular formula is C11H24N2OS. The Balaban J connectivity index is 2.04. The summed E-state index contributed by atoms with van der Waals surface area (Å²) in [6, 6.07) is 0.494. The maximum Gasteiger partial charge on any atom is 0.0791 e. The van der Waals surface area contributed by atoms with E-state index >= 15 is 0 Å². The second-order valence-electron chi connectivity index (χ2n) is 4.43. The van der Waals surface area contributed by atoms with Crippen LogP contribution in [0.4, 0.5) is 0 Å². The fourth-order valence-electron chi connectivity index (χ4n) is 1.97. The number of likely N-dealkylation sites (tertiary alicyclic amines) is 1. The first-order valence-electron chi connectivity index (χ1n) is 5.85. The van der Waals surface area contributed by atoms with Gasteiger partial charge in [0.1, 0.15) is 0 Å². The van der Waals surface area contributed by atoms with E-state index in [2.05, 4.69) is 23.4 Å². The Hall–Kier alpha value is 0.230. The van der Waals surface area contributed by atoms with E-state index in [9.17, 15) is 5.11 Å². The van der Waals surface area contributed by atoms with E-state index in [1.54, 1.807) is 0 Å². The molecular weight excluding hydrogens is 208 g/mol. The predicted octanol–water partition coefficient (Wildman–Crippen LogP) is 0.784. The Morgan fingerprint density at radius 2 is 2.07 bits per heavy atom. The molecule has 2 unspecified atom stereocenters. The van der Waals surface area contributed by atoms with Crippen LogP contribution in [0.2, 0.25) is 0 Å². The predicted molar refractivity (Wildman–Crippen MR) is 67.5 cm³/mol. The normalized spacial score (nSPS) is 21.8. The molecule has 1 rings (SSSR count). The molecule has 0 spiro atoms. The zero-order valence-corrected chi connectivity index (χ0v) is 10.7. The summed E-state index contributed by atoms with van der Waals surface area (Å²) in [7, 11) is 0. The Morgan fingerprint density at radius 3 is 2.67 bits per heavy atom. The lowest BCUT2D eigenvalue weighted by Crippen LogP contribution is -2.40. The largest absolute Gasteiger partial charge is 0.390 e. The van der Waals surface area contributed by atoms with Gasteiger partial charge in [-0.2, -0.15) is 11.8 Å². The van der Waals surface area contributed by atoms with Gasteiger partial charge in [-0.25, -0.2) is 0 Å². The van der Waals surface area contributed by atoms with E-state index in [0.29, 0.717) is 6.04 Å². The second-order valence-corrected chi connectivity index (χ2v) is 5.34. The highest BCUT2D eigenvalue weighted by Crippen LogP contribution is 2.07. The van der Waals surface area contributed by atoms with Gasteiger partial charge in [0.15, 0.2) is 0 Å². The number of β-amino-alcohol motifs (C(OH)–C–C–N with tert-alkyl or cyclic N) is 1. The zero-order valence-electron chi connectivity index (χ0n) is 9.91. The van der Waals surface area contributed by atoms with E-state index in [0.717, 1.165) is 31.9 Å². The SMILES string of the molecule is CSCC(C)NCC(O)CN1CCCC1. The first-order valence-corrected chi connectivity index (χ1v) is 7.24. The number of aliphatic hydroxyl groups is 1. The smallest absolute Gasteiger partial charge is 0.0791 e. The summed E-state index contributed by atoms with van der Waals surface area (Å²) in [5.74, 6) is 1.11. The monoisotopic (exact) mass is 232 g/mol. The molecule has 0 aliphatic carbocycles. The molecule has 0 amide bonds. The van der Waals surface area contributed by atoms with Crippen LogP contribution in [0.25, 0.3) is 0 Å². The molecule has 1 heterocycles. The standard InChI is InChI=1S/C11H24N2OS/c1-10(9-15-2)12-7-11(14)8-13-5-3-4-6-13/h10-12,14H,3-9H2,1-2H3. The molecule has 2 atom stereocenters. The molecule has 90 valence electrons. The Bertz CT molecular complexity index is 163. The lowest BCUT2D eigenvalue weighted by molar-refractivity contribution is 0.121. The molecule has 2 N–H and O–H groups in total. The van der Waals surface area contributed by atoms with Crippen molar-refractivity contribution in [3.8, 4) is 0 Å². The van der Waals surface area contributed by atoms with Gasteiger partial charge in [0.05, 0.1) is 6.10 Å². The zero-order chi connectivity index (χ0) is 11.1. The van der Waals surface area contributed by atoms with E-state index in [4.69, 9.17) is 0 Å². The van der Waals surface area contributed by atoms with Crippen molar-refractivity contribution in [3.63, 3.8) is 0 Å². The molecule has 0 aromatic rings. The third kappa shape index (κ3) is 5.76. The molecule has 0 saturated carbocycles. The van der Waals surface area contributed by atoms with Crippen LogP contribution in [0.1, 0.15) is 19.8 Å². The topological polar surface area (TPSA) is 35.5 Å². The maximum absolute atomic E-state index is 9.82. The van der Waals surface area contributed by atoms with Gasteiger partial charge in [0, 0.05) is 24.9 Å². The summed E-state index contributed by atoms with van der Waals surface area (Å²) in [4.78, 5) is 2.35. The Labute approximate surface area is 97.6 Å². The van der Waals surface area contributed by atoms with Crippen LogP contribution in [-0.2, 0) is 0 Å². The van der Waals surface area contributed by atoms with E-state index in [1.165, 1.54) is 12.8 Å². The van der Waals surface area contributed by atoms with Crippen LogP contribution >= 0.6 is 11.8 Å². The van der Waals surface area contributed by atoms with Crippen molar-refractivity contribution in [2.75, 3.05) is 38.2 Å². The fraction of sp³-hybridized carbons (Fsp3) is 1.00. The van der Waals surface area contributed by atoms with Crippen LogP contribution in [0.15, 0.2) is 0 Å². The minimum atomic E-state index is -0.215. The van der Waals surface area contributed by atoms with Crippen molar-refractivity contribution >= 4 is 11.8 Å². The summed E-state index contributed by atoms with van der Waals surface area (Å²) in [6.45, 7) is 6.05. The molecule has 1 saturated heterocycles. The number of hydrogen-bond donors (Lipinski definition) is 2. The second kappa shape index (κ2) is 7.49. The number of nitrogens with zero attached hydrogens (tertiary/aromatic N) is 1. The lowest BCUT2D eigenvalue weighted by atomic mass is 10.3. The number of rotatable bonds is 7. The van der Waals surface area contributed by atoms with Crippen molar-refractivity contribution in [2.24, 2.45) is 0 Å². The molecule has 0 radical (unpaired) electrons. The van der Waals surface area contributed by atoms with Crippen LogP contribution in [0.3, 0.4) is 0 Å². The van der Waals surface area contributed by atoms with Crippen LogP contribution in [0, 0.1) is 0 Å². The summed E-state index contributed by atoms with van der Waals surface area (Å²) < 4.78 is 0. The van der Waals surface area contributed by atoms with Gasteiger partial charge in [-0.05, 0) is 39.1 Å². The molecule has 15 heavy (non-hydrogen) atoms. The summed E-state index contributed by atoms with van der Waals surface area (Å²) in [5.41, 5.74) is 0. The molecule has 4 heteroatoms. The maximum atomic E-state index is 9.82. The first-order chi connectivity index (χ1) is 7.22. The molecule has 0 aromatic carbocycles. The first kappa shape index (κ1) is 13.3. The molecule has 0 aromatic heterocycles. The van der Waals surface area contributed by atoms with Crippen LogP contribution in [0.5, 0.6) is 0 Å². The van der Waals surface area contributed by atoms with Crippen LogP contribution in [-0.4, -0.2) is 60.3 Å². The molecule has 0 bridgehead atoms. The van der Waals surface area contributed by atoms with Crippen molar-refractivity contribution in [3.05, 3.63) is 0 Å². The molecule has 1 aliphatic rings. The number of aliphatic hydroxyl groups excluding tert-OH is 1. The third-order valence-corrected chi connectivity index (χ3v) is 3.62. The molecule has 3 nitrogen and oxygen atoms in total. The van der Waals surface area contributed by atoms with Crippen molar-refractivity contribution in [2.45, 2.75) is 31.9 Å². The van der Waals surface area contributed by atoms with Crippen molar-refractivity contribution in [1.29, 1.82) is 0 Å². The van der Waals surface area contributed by atoms with Gasteiger partial charge >= 0.3 is 0 Å². The van der Waals surface area contributed by atoms with Gasteiger partial charge in [-0.1, -0.05) is 0 Å². The Kier molecular flexibility index (Phi) is 6.64. The summed E-state index contributed by atoms with van der Waals surface area (Å²) >= 11 is 1.84. The molecule has 1 fully saturated rings. The van der Waals surface area contributed by atoms with Crippen molar-refractivity contribution in [1.82, 2.24) is 10.2 Å². The van der Waals surface area contributed by atoms with Gasteiger partial charge in [0.25, 0.3) is 0 Å².